The second kappa shape index (κ2) is 4.48. The summed E-state index contributed by atoms with van der Waals surface area (Å²) in [4.78, 5) is 0. The van der Waals surface area contributed by atoms with E-state index in [1.165, 1.54) is 51.4 Å². The predicted molar refractivity (Wildman–Crippen MR) is 59.3 cm³/mol. The Hall–Kier alpha value is -0.300. The molecule has 0 aromatic carbocycles. The van der Waals surface area contributed by atoms with Crippen molar-refractivity contribution in [3.63, 3.8) is 0 Å². The van der Waals surface area contributed by atoms with Gasteiger partial charge in [0.05, 0.1) is 5.60 Å². The maximum absolute atomic E-state index is 6.05. The maximum Gasteiger partial charge on any atom is 0.0685 e. The van der Waals surface area contributed by atoms with E-state index in [2.05, 4.69) is 12.7 Å². The van der Waals surface area contributed by atoms with Crippen molar-refractivity contribution in [1.82, 2.24) is 0 Å². The standard InChI is InChI=1S/C13H22O/c1-2-6-12-7-10-14-13(11-12)8-4-3-5-9-13/h2,12H,1,3-11H2. The van der Waals surface area contributed by atoms with Crippen molar-refractivity contribution in [2.24, 2.45) is 5.92 Å². The van der Waals surface area contributed by atoms with Crippen LogP contribution < -0.4 is 0 Å². The lowest BCUT2D eigenvalue weighted by Crippen LogP contribution is -2.41. The minimum atomic E-state index is 0.282. The largest absolute Gasteiger partial charge is 0.375 e. The summed E-state index contributed by atoms with van der Waals surface area (Å²) in [5.74, 6) is 0.847. The van der Waals surface area contributed by atoms with Crippen LogP contribution >= 0.6 is 0 Å². The molecular weight excluding hydrogens is 172 g/mol. The van der Waals surface area contributed by atoms with Crippen LogP contribution in [0, 0.1) is 5.92 Å². The molecule has 2 aliphatic rings. The fourth-order valence-corrected chi connectivity index (χ4v) is 3.11. The average Bonchev–Trinajstić information content (AvgIpc) is 2.19. The van der Waals surface area contributed by atoms with E-state index in [0.29, 0.717) is 0 Å². The van der Waals surface area contributed by atoms with Gasteiger partial charge in [0, 0.05) is 6.61 Å². The zero-order chi connectivity index (χ0) is 9.86. The van der Waals surface area contributed by atoms with Crippen molar-refractivity contribution in [2.45, 2.75) is 57.0 Å². The minimum absolute atomic E-state index is 0.282. The van der Waals surface area contributed by atoms with Gasteiger partial charge in [-0.05, 0) is 38.0 Å². The first kappa shape index (κ1) is 10.2. The summed E-state index contributed by atoms with van der Waals surface area (Å²) < 4.78 is 6.05. The van der Waals surface area contributed by atoms with Crippen LogP contribution in [0.1, 0.15) is 51.4 Å². The molecule has 1 atom stereocenters. The number of ether oxygens (including phenoxy) is 1. The quantitative estimate of drug-likeness (QED) is 0.609. The number of hydrogen-bond acceptors (Lipinski definition) is 1. The zero-order valence-electron chi connectivity index (χ0n) is 9.13. The molecule has 1 unspecified atom stereocenters. The molecule has 0 radical (unpaired) electrons. The van der Waals surface area contributed by atoms with Gasteiger partial charge in [0.2, 0.25) is 0 Å². The first-order valence-corrected chi connectivity index (χ1v) is 6.09. The molecule has 1 saturated heterocycles. The zero-order valence-corrected chi connectivity index (χ0v) is 9.13. The molecule has 1 heteroatoms. The SMILES string of the molecule is C=CCC1CCOC2(CCCCC2)C1. The molecule has 80 valence electrons. The first-order valence-electron chi connectivity index (χ1n) is 6.09. The fourth-order valence-electron chi connectivity index (χ4n) is 3.11. The molecule has 1 heterocycles. The highest BCUT2D eigenvalue weighted by atomic mass is 16.5. The van der Waals surface area contributed by atoms with Crippen molar-refractivity contribution in [2.75, 3.05) is 6.61 Å². The van der Waals surface area contributed by atoms with E-state index in [0.717, 1.165) is 12.5 Å². The monoisotopic (exact) mass is 194 g/mol. The van der Waals surface area contributed by atoms with Crippen molar-refractivity contribution in [1.29, 1.82) is 0 Å². The lowest BCUT2D eigenvalue weighted by Gasteiger charge is -2.43. The van der Waals surface area contributed by atoms with Gasteiger partial charge in [-0.3, -0.25) is 0 Å². The third kappa shape index (κ3) is 2.20. The molecule has 2 rings (SSSR count). The van der Waals surface area contributed by atoms with Crippen LogP contribution in [-0.4, -0.2) is 12.2 Å². The average molecular weight is 194 g/mol. The van der Waals surface area contributed by atoms with Crippen molar-refractivity contribution >= 4 is 0 Å². The summed E-state index contributed by atoms with van der Waals surface area (Å²) in [6, 6.07) is 0. The van der Waals surface area contributed by atoms with Crippen molar-refractivity contribution in [3.05, 3.63) is 12.7 Å². The Balaban J connectivity index is 1.94. The number of rotatable bonds is 2. The van der Waals surface area contributed by atoms with E-state index >= 15 is 0 Å². The molecule has 1 aliphatic carbocycles. The molecule has 2 fully saturated rings. The van der Waals surface area contributed by atoms with Gasteiger partial charge in [0.25, 0.3) is 0 Å². The van der Waals surface area contributed by atoms with Gasteiger partial charge in [0.15, 0.2) is 0 Å². The Morgan fingerprint density at radius 3 is 2.79 bits per heavy atom. The van der Waals surface area contributed by atoms with Crippen LogP contribution in [0.4, 0.5) is 0 Å². The summed E-state index contributed by atoms with van der Waals surface area (Å²) in [6.45, 7) is 4.83. The summed E-state index contributed by atoms with van der Waals surface area (Å²) in [7, 11) is 0. The number of allylic oxidation sites excluding steroid dienone is 1. The molecular formula is C13H22O. The normalized spacial score (nSPS) is 31.6. The van der Waals surface area contributed by atoms with Crippen LogP contribution in [-0.2, 0) is 4.74 Å². The molecule has 1 aliphatic heterocycles. The van der Waals surface area contributed by atoms with Crippen molar-refractivity contribution in [3.8, 4) is 0 Å². The maximum atomic E-state index is 6.05. The molecule has 0 aromatic heterocycles. The van der Waals surface area contributed by atoms with Crippen molar-refractivity contribution < 1.29 is 4.74 Å². The third-order valence-electron chi connectivity index (χ3n) is 3.86. The van der Waals surface area contributed by atoms with Crippen LogP contribution in [0.15, 0.2) is 12.7 Å². The van der Waals surface area contributed by atoms with Gasteiger partial charge in [-0.1, -0.05) is 25.3 Å². The fraction of sp³-hybridized carbons (Fsp3) is 0.846. The predicted octanol–water partition coefficient (Wildman–Crippen LogP) is 3.69. The lowest BCUT2D eigenvalue weighted by molar-refractivity contribution is -0.116. The van der Waals surface area contributed by atoms with E-state index in [4.69, 9.17) is 4.74 Å². The molecule has 1 spiro atoms. The highest BCUT2D eigenvalue weighted by Gasteiger charge is 2.37. The summed E-state index contributed by atoms with van der Waals surface area (Å²) in [5, 5.41) is 0. The van der Waals surface area contributed by atoms with E-state index < -0.39 is 0 Å². The topological polar surface area (TPSA) is 9.23 Å². The lowest BCUT2D eigenvalue weighted by atomic mass is 9.75. The molecule has 1 saturated carbocycles. The Morgan fingerprint density at radius 1 is 1.29 bits per heavy atom. The first-order chi connectivity index (χ1) is 6.85. The van der Waals surface area contributed by atoms with Gasteiger partial charge in [-0.15, -0.1) is 6.58 Å². The molecule has 0 bridgehead atoms. The van der Waals surface area contributed by atoms with E-state index in [1.807, 2.05) is 0 Å². The molecule has 0 amide bonds. The van der Waals surface area contributed by atoms with Gasteiger partial charge in [-0.2, -0.15) is 0 Å². The van der Waals surface area contributed by atoms with Gasteiger partial charge < -0.3 is 4.74 Å². The summed E-state index contributed by atoms with van der Waals surface area (Å²) in [5.41, 5.74) is 0.282. The smallest absolute Gasteiger partial charge is 0.0685 e. The Labute approximate surface area is 87.5 Å². The molecule has 1 nitrogen and oxygen atoms in total. The van der Waals surface area contributed by atoms with Crippen LogP contribution in [0.3, 0.4) is 0 Å². The molecule has 0 aromatic rings. The minimum Gasteiger partial charge on any atom is -0.375 e. The van der Waals surface area contributed by atoms with E-state index in [1.54, 1.807) is 0 Å². The Bertz CT molecular complexity index is 186. The van der Waals surface area contributed by atoms with Crippen LogP contribution in [0.25, 0.3) is 0 Å². The van der Waals surface area contributed by atoms with Gasteiger partial charge in [-0.25, -0.2) is 0 Å². The van der Waals surface area contributed by atoms with Gasteiger partial charge in [0.1, 0.15) is 0 Å². The second-order valence-corrected chi connectivity index (χ2v) is 4.98. The third-order valence-corrected chi connectivity index (χ3v) is 3.86. The number of hydrogen-bond donors (Lipinski definition) is 0. The Kier molecular flexibility index (Phi) is 3.27. The highest BCUT2D eigenvalue weighted by molar-refractivity contribution is 4.91. The Morgan fingerprint density at radius 2 is 2.07 bits per heavy atom. The highest BCUT2D eigenvalue weighted by Crippen LogP contribution is 2.41. The van der Waals surface area contributed by atoms with Crippen LogP contribution in [0.5, 0.6) is 0 Å². The van der Waals surface area contributed by atoms with Crippen LogP contribution in [0.2, 0.25) is 0 Å². The molecule has 14 heavy (non-hydrogen) atoms. The van der Waals surface area contributed by atoms with Gasteiger partial charge >= 0.3 is 0 Å². The molecule has 0 N–H and O–H groups in total. The van der Waals surface area contributed by atoms with E-state index in [-0.39, 0.29) is 5.60 Å². The summed E-state index contributed by atoms with van der Waals surface area (Å²) >= 11 is 0. The van der Waals surface area contributed by atoms with E-state index in [9.17, 15) is 0 Å². The second-order valence-electron chi connectivity index (χ2n) is 4.98. The summed E-state index contributed by atoms with van der Waals surface area (Å²) in [6.07, 6.45) is 12.6.